The van der Waals surface area contributed by atoms with Crippen LogP contribution in [0.4, 0.5) is 0 Å². The average Bonchev–Trinajstić information content (AvgIpc) is 2.44. The molecule has 0 heterocycles. The fourth-order valence-corrected chi connectivity index (χ4v) is 2.89. The lowest BCUT2D eigenvalue weighted by atomic mass is 9.68. The van der Waals surface area contributed by atoms with E-state index < -0.39 is 11.4 Å². The number of nitrogens with one attached hydrogen (secondary N) is 1. The Kier molecular flexibility index (Phi) is 3.85. The molecule has 3 nitrogen and oxygen atoms in total. The summed E-state index contributed by atoms with van der Waals surface area (Å²) in [5, 5.41) is 12.7. The van der Waals surface area contributed by atoms with E-state index in [4.69, 9.17) is 0 Å². The highest BCUT2D eigenvalue weighted by atomic mass is 16.4. The topological polar surface area (TPSA) is 49.3 Å². The fraction of sp³-hybridized carbons (Fsp3) is 0.923. The molecule has 0 unspecified atom stereocenters. The van der Waals surface area contributed by atoms with Gasteiger partial charge in [-0.15, -0.1) is 0 Å². The van der Waals surface area contributed by atoms with Crippen LogP contribution in [0.15, 0.2) is 0 Å². The van der Waals surface area contributed by atoms with E-state index >= 15 is 0 Å². The van der Waals surface area contributed by atoms with E-state index in [9.17, 15) is 9.90 Å². The molecule has 0 aromatic heterocycles. The lowest BCUT2D eigenvalue weighted by molar-refractivity contribution is -0.154. The molecule has 0 bridgehead atoms. The quantitative estimate of drug-likeness (QED) is 0.723. The molecule has 2 saturated carbocycles. The van der Waals surface area contributed by atoms with Crippen LogP contribution >= 0.6 is 0 Å². The molecular weight excluding hydrogens is 202 g/mol. The molecular formula is C13H23NO2. The van der Waals surface area contributed by atoms with Gasteiger partial charge in [0, 0.05) is 12.6 Å². The average molecular weight is 225 g/mol. The number of rotatable bonds is 4. The summed E-state index contributed by atoms with van der Waals surface area (Å²) in [6.45, 7) is 0.687. The number of aliphatic carboxylic acids is 1. The molecule has 0 amide bonds. The third-order valence-electron chi connectivity index (χ3n) is 4.35. The summed E-state index contributed by atoms with van der Waals surface area (Å²) < 4.78 is 0. The zero-order chi connectivity index (χ0) is 11.4. The molecule has 2 fully saturated rings. The van der Waals surface area contributed by atoms with Crippen molar-refractivity contribution in [3.05, 3.63) is 0 Å². The largest absolute Gasteiger partial charge is 0.481 e. The minimum absolute atomic E-state index is 0.424. The van der Waals surface area contributed by atoms with Gasteiger partial charge in [-0.25, -0.2) is 0 Å². The Morgan fingerprint density at radius 2 is 1.75 bits per heavy atom. The zero-order valence-electron chi connectivity index (χ0n) is 10.0. The van der Waals surface area contributed by atoms with Gasteiger partial charge in [0.2, 0.25) is 0 Å². The Labute approximate surface area is 97.6 Å². The summed E-state index contributed by atoms with van der Waals surface area (Å²) in [4.78, 5) is 11.2. The molecule has 2 rings (SSSR count). The monoisotopic (exact) mass is 225 g/mol. The molecule has 0 aliphatic heterocycles. The van der Waals surface area contributed by atoms with Gasteiger partial charge in [-0.1, -0.05) is 32.1 Å². The van der Waals surface area contributed by atoms with Crippen LogP contribution < -0.4 is 5.32 Å². The number of hydrogen-bond donors (Lipinski definition) is 2. The van der Waals surface area contributed by atoms with Crippen molar-refractivity contribution in [2.24, 2.45) is 5.41 Å². The number of hydrogen-bond acceptors (Lipinski definition) is 2. The minimum atomic E-state index is -0.597. The summed E-state index contributed by atoms with van der Waals surface area (Å²) in [5.41, 5.74) is -0.424. The van der Waals surface area contributed by atoms with Crippen molar-refractivity contribution in [1.29, 1.82) is 0 Å². The Hall–Kier alpha value is -0.570. The van der Waals surface area contributed by atoms with E-state index in [1.807, 2.05) is 0 Å². The molecule has 0 aromatic rings. The molecule has 92 valence electrons. The third kappa shape index (κ3) is 2.57. The molecule has 0 saturated heterocycles. The molecule has 0 atom stereocenters. The predicted octanol–water partition coefficient (Wildman–Crippen LogP) is 2.55. The van der Waals surface area contributed by atoms with Crippen LogP contribution in [0.5, 0.6) is 0 Å². The van der Waals surface area contributed by atoms with Crippen molar-refractivity contribution in [2.45, 2.75) is 63.8 Å². The van der Waals surface area contributed by atoms with Crippen LogP contribution in [0.2, 0.25) is 0 Å². The predicted molar refractivity (Wildman–Crippen MR) is 63.4 cm³/mol. The van der Waals surface area contributed by atoms with Crippen molar-refractivity contribution in [2.75, 3.05) is 6.54 Å². The van der Waals surface area contributed by atoms with E-state index in [1.165, 1.54) is 38.5 Å². The maximum atomic E-state index is 11.2. The highest BCUT2D eigenvalue weighted by Crippen LogP contribution is 2.40. The summed E-state index contributed by atoms with van der Waals surface area (Å²) in [6, 6.07) is 0.569. The Morgan fingerprint density at radius 1 is 1.12 bits per heavy atom. The Bertz CT molecular complexity index is 240. The van der Waals surface area contributed by atoms with Gasteiger partial charge in [-0.2, -0.15) is 0 Å². The first-order chi connectivity index (χ1) is 7.73. The molecule has 0 radical (unpaired) electrons. The van der Waals surface area contributed by atoms with Crippen molar-refractivity contribution in [3.8, 4) is 0 Å². The second-order valence-corrected chi connectivity index (χ2v) is 5.51. The molecule has 0 aromatic carbocycles. The second kappa shape index (κ2) is 5.17. The highest BCUT2D eigenvalue weighted by molar-refractivity contribution is 5.76. The molecule has 3 heteroatoms. The van der Waals surface area contributed by atoms with Crippen molar-refractivity contribution in [3.63, 3.8) is 0 Å². The van der Waals surface area contributed by atoms with E-state index in [2.05, 4.69) is 5.32 Å². The lowest BCUT2D eigenvalue weighted by Crippen LogP contribution is -2.48. The van der Waals surface area contributed by atoms with Gasteiger partial charge in [0.1, 0.15) is 0 Å². The van der Waals surface area contributed by atoms with Crippen LogP contribution in [-0.2, 0) is 4.79 Å². The maximum Gasteiger partial charge on any atom is 0.310 e. The van der Waals surface area contributed by atoms with E-state index in [0.29, 0.717) is 12.6 Å². The number of carboxylic acid groups (broad SMARTS) is 1. The molecule has 2 N–H and O–H groups in total. The van der Waals surface area contributed by atoms with Gasteiger partial charge in [0.25, 0.3) is 0 Å². The third-order valence-corrected chi connectivity index (χ3v) is 4.35. The Balaban J connectivity index is 1.78. The van der Waals surface area contributed by atoms with Gasteiger partial charge in [0.15, 0.2) is 0 Å². The van der Waals surface area contributed by atoms with E-state index in [0.717, 1.165) is 19.3 Å². The van der Waals surface area contributed by atoms with Gasteiger partial charge in [-0.05, 0) is 25.7 Å². The minimum Gasteiger partial charge on any atom is -0.481 e. The van der Waals surface area contributed by atoms with E-state index in [-0.39, 0.29) is 0 Å². The van der Waals surface area contributed by atoms with E-state index in [1.54, 1.807) is 0 Å². The first-order valence-electron chi connectivity index (χ1n) is 6.70. The SMILES string of the molecule is O=C(O)C1(CNC2CCCCCC2)CCC1. The maximum absolute atomic E-state index is 11.2. The van der Waals surface area contributed by atoms with Gasteiger partial charge in [0.05, 0.1) is 5.41 Å². The molecule has 16 heavy (non-hydrogen) atoms. The van der Waals surface area contributed by atoms with Gasteiger partial charge >= 0.3 is 5.97 Å². The van der Waals surface area contributed by atoms with Crippen LogP contribution in [-0.4, -0.2) is 23.7 Å². The number of carboxylic acids is 1. The first-order valence-corrected chi connectivity index (χ1v) is 6.70. The second-order valence-electron chi connectivity index (χ2n) is 5.51. The van der Waals surface area contributed by atoms with Crippen LogP contribution in [0, 0.1) is 5.41 Å². The fourth-order valence-electron chi connectivity index (χ4n) is 2.89. The molecule has 2 aliphatic carbocycles. The van der Waals surface area contributed by atoms with Crippen LogP contribution in [0.25, 0.3) is 0 Å². The summed E-state index contributed by atoms with van der Waals surface area (Å²) in [7, 11) is 0. The summed E-state index contributed by atoms with van der Waals surface area (Å²) in [5.74, 6) is -0.597. The molecule has 2 aliphatic rings. The van der Waals surface area contributed by atoms with Gasteiger partial charge < -0.3 is 10.4 Å². The van der Waals surface area contributed by atoms with Crippen molar-refractivity contribution < 1.29 is 9.90 Å². The van der Waals surface area contributed by atoms with Crippen LogP contribution in [0.3, 0.4) is 0 Å². The first kappa shape index (κ1) is 11.9. The Morgan fingerprint density at radius 3 is 2.19 bits per heavy atom. The standard InChI is InChI=1S/C13H23NO2/c15-12(16)13(8-5-9-13)10-14-11-6-3-1-2-4-7-11/h11,14H,1-10H2,(H,15,16). The summed E-state index contributed by atoms with van der Waals surface area (Å²) in [6.07, 6.45) is 10.6. The highest BCUT2D eigenvalue weighted by Gasteiger charge is 2.44. The normalized spacial score (nSPS) is 25.8. The van der Waals surface area contributed by atoms with Crippen LogP contribution in [0.1, 0.15) is 57.8 Å². The summed E-state index contributed by atoms with van der Waals surface area (Å²) >= 11 is 0. The van der Waals surface area contributed by atoms with Gasteiger partial charge in [-0.3, -0.25) is 4.79 Å². The number of carbonyl (C=O) groups is 1. The molecule has 0 spiro atoms. The van der Waals surface area contributed by atoms with Crippen molar-refractivity contribution >= 4 is 5.97 Å². The smallest absolute Gasteiger partial charge is 0.310 e. The van der Waals surface area contributed by atoms with Crippen molar-refractivity contribution in [1.82, 2.24) is 5.32 Å². The lowest BCUT2D eigenvalue weighted by Gasteiger charge is -2.38. The zero-order valence-corrected chi connectivity index (χ0v) is 10.0.